The molecule has 128 valence electrons. The van der Waals surface area contributed by atoms with Crippen molar-refractivity contribution in [3.8, 4) is 0 Å². The van der Waals surface area contributed by atoms with Crippen LogP contribution in [0.5, 0.6) is 0 Å². The average molecular weight is 359 g/mol. The van der Waals surface area contributed by atoms with E-state index in [-0.39, 0.29) is 17.7 Å². The van der Waals surface area contributed by atoms with Crippen LogP contribution < -0.4 is 10.8 Å². The van der Waals surface area contributed by atoms with Gasteiger partial charge in [0.2, 0.25) is 0 Å². The van der Waals surface area contributed by atoms with Crippen LogP contribution in [0.1, 0.15) is 39.4 Å². The first-order valence-electron chi connectivity index (χ1n) is 7.52. The van der Waals surface area contributed by atoms with E-state index in [1.54, 1.807) is 60.9 Å². The summed E-state index contributed by atoms with van der Waals surface area (Å²) in [6.45, 7) is 1.79. The molecule has 0 aliphatic rings. The molecule has 1 aromatic heterocycles. The van der Waals surface area contributed by atoms with Gasteiger partial charge in [0, 0.05) is 16.0 Å². The maximum Gasteiger partial charge on any atom is 0.287 e. The minimum atomic E-state index is -0.616. The second-order valence-electron chi connectivity index (χ2n) is 5.55. The van der Waals surface area contributed by atoms with Gasteiger partial charge in [0.15, 0.2) is 5.76 Å². The highest BCUT2D eigenvalue weighted by atomic mass is 35.5. The molecule has 7 heteroatoms. The summed E-state index contributed by atoms with van der Waals surface area (Å²) in [6, 6.07) is 13.0. The molecule has 1 heterocycles. The molecule has 3 rings (SSSR count). The van der Waals surface area contributed by atoms with Crippen molar-refractivity contribution in [2.75, 3.05) is 0 Å². The van der Waals surface area contributed by atoms with Gasteiger partial charge in [-0.15, -0.1) is 0 Å². The van der Waals surface area contributed by atoms with Crippen molar-refractivity contribution in [1.29, 1.82) is 0 Å². The van der Waals surface area contributed by atoms with Crippen molar-refractivity contribution < 1.29 is 19.2 Å². The Morgan fingerprint density at radius 3 is 2.68 bits per heavy atom. The summed E-state index contributed by atoms with van der Waals surface area (Å²) in [5, 5.41) is 12.8. The number of amides is 2. The van der Waals surface area contributed by atoms with E-state index in [0.717, 1.165) is 5.39 Å². The molecule has 0 saturated heterocycles. The van der Waals surface area contributed by atoms with Crippen LogP contribution in [0.3, 0.4) is 0 Å². The first-order valence-corrected chi connectivity index (χ1v) is 7.90. The van der Waals surface area contributed by atoms with E-state index < -0.39 is 5.91 Å². The average Bonchev–Trinajstić information content (AvgIpc) is 3.04. The third-order valence-corrected chi connectivity index (χ3v) is 4.04. The monoisotopic (exact) mass is 358 g/mol. The van der Waals surface area contributed by atoms with E-state index in [0.29, 0.717) is 21.7 Å². The molecular formula is C18H15ClN2O4. The van der Waals surface area contributed by atoms with Gasteiger partial charge < -0.3 is 9.73 Å². The summed E-state index contributed by atoms with van der Waals surface area (Å²) in [5.74, 6) is -0.820. The van der Waals surface area contributed by atoms with E-state index in [4.69, 9.17) is 21.2 Å². The second kappa shape index (κ2) is 6.96. The molecule has 0 aliphatic carbocycles. The molecule has 3 N–H and O–H groups in total. The fraction of sp³-hybridized carbons (Fsp3) is 0.111. The van der Waals surface area contributed by atoms with Crippen molar-refractivity contribution in [3.63, 3.8) is 0 Å². The molecule has 1 atom stereocenters. The number of rotatable bonds is 4. The number of fused-ring (bicyclic) bond motifs is 1. The smallest absolute Gasteiger partial charge is 0.287 e. The van der Waals surface area contributed by atoms with Crippen molar-refractivity contribution in [2.45, 2.75) is 13.0 Å². The third kappa shape index (κ3) is 3.65. The molecule has 0 saturated carbocycles. The fourth-order valence-corrected chi connectivity index (χ4v) is 2.67. The van der Waals surface area contributed by atoms with E-state index in [1.807, 2.05) is 0 Å². The zero-order valence-corrected chi connectivity index (χ0v) is 14.0. The van der Waals surface area contributed by atoms with Gasteiger partial charge in [-0.1, -0.05) is 23.7 Å². The Balaban J connectivity index is 1.78. The van der Waals surface area contributed by atoms with Crippen LogP contribution in [-0.4, -0.2) is 17.0 Å². The second-order valence-corrected chi connectivity index (χ2v) is 5.99. The maximum absolute atomic E-state index is 12.4. The van der Waals surface area contributed by atoms with Crippen molar-refractivity contribution in [1.82, 2.24) is 10.8 Å². The summed E-state index contributed by atoms with van der Waals surface area (Å²) in [4.78, 5) is 23.9. The predicted octanol–water partition coefficient (Wildman–Crippen LogP) is 3.70. The SMILES string of the molecule is CC(NC(=O)c1cc2cc(Cl)ccc2o1)c1cccc(C(=O)NO)c1. The van der Waals surface area contributed by atoms with Crippen LogP contribution in [0.4, 0.5) is 0 Å². The van der Waals surface area contributed by atoms with Crippen LogP contribution in [0.25, 0.3) is 11.0 Å². The van der Waals surface area contributed by atoms with Crippen molar-refractivity contribution in [3.05, 3.63) is 70.4 Å². The Labute approximate surface area is 148 Å². The Morgan fingerprint density at radius 2 is 1.92 bits per heavy atom. The maximum atomic E-state index is 12.4. The third-order valence-electron chi connectivity index (χ3n) is 3.80. The largest absolute Gasteiger partial charge is 0.451 e. The van der Waals surface area contributed by atoms with Crippen LogP contribution in [0.15, 0.2) is 52.9 Å². The van der Waals surface area contributed by atoms with E-state index in [9.17, 15) is 9.59 Å². The Hall–Kier alpha value is -2.83. The van der Waals surface area contributed by atoms with Gasteiger partial charge in [-0.25, -0.2) is 5.48 Å². The Morgan fingerprint density at radius 1 is 1.12 bits per heavy atom. The van der Waals surface area contributed by atoms with Crippen LogP contribution in [-0.2, 0) is 0 Å². The van der Waals surface area contributed by atoms with Gasteiger partial charge in [-0.2, -0.15) is 0 Å². The first-order chi connectivity index (χ1) is 12.0. The number of hydrogen-bond acceptors (Lipinski definition) is 4. The molecule has 6 nitrogen and oxygen atoms in total. The Bertz CT molecular complexity index is 951. The lowest BCUT2D eigenvalue weighted by molar-refractivity contribution is 0.0706. The van der Waals surface area contributed by atoms with Gasteiger partial charge in [0.25, 0.3) is 11.8 Å². The quantitative estimate of drug-likeness (QED) is 0.490. The minimum absolute atomic E-state index is 0.174. The molecule has 2 aromatic carbocycles. The highest BCUT2D eigenvalue weighted by Crippen LogP contribution is 2.23. The molecule has 0 spiro atoms. The number of hydroxylamine groups is 1. The standard InChI is InChI=1S/C18H15ClN2O4/c1-10(11-3-2-4-12(7-11)17(22)21-24)20-18(23)16-9-13-8-14(19)5-6-15(13)25-16/h2-10,24H,1H3,(H,20,23)(H,21,22). The Kier molecular flexibility index (Phi) is 4.74. The lowest BCUT2D eigenvalue weighted by Gasteiger charge is -2.14. The van der Waals surface area contributed by atoms with Crippen LogP contribution in [0, 0.1) is 0 Å². The molecule has 1 unspecified atom stereocenters. The summed E-state index contributed by atoms with van der Waals surface area (Å²) >= 11 is 5.93. The zero-order chi connectivity index (χ0) is 18.0. The summed E-state index contributed by atoms with van der Waals surface area (Å²) < 4.78 is 5.53. The number of nitrogens with one attached hydrogen (secondary N) is 2. The number of halogens is 1. The summed E-state index contributed by atoms with van der Waals surface area (Å²) in [7, 11) is 0. The van der Waals surface area contributed by atoms with Gasteiger partial charge in [0.1, 0.15) is 5.58 Å². The zero-order valence-electron chi connectivity index (χ0n) is 13.2. The molecule has 25 heavy (non-hydrogen) atoms. The number of carbonyl (C=O) groups is 2. The lowest BCUT2D eigenvalue weighted by atomic mass is 10.0. The van der Waals surface area contributed by atoms with Gasteiger partial charge in [-0.05, 0) is 48.9 Å². The highest BCUT2D eigenvalue weighted by molar-refractivity contribution is 6.31. The molecule has 0 fully saturated rings. The van der Waals surface area contributed by atoms with Gasteiger partial charge >= 0.3 is 0 Å². The number of benzene rings is 2. The van der Waals surface area contributed by atoms with E-state index in [2.05, 4.69) is 5.32 Å². The highest BCUT2D eigenvalue weighted by Gasteiger charge is 2.17. The van der Waals surface area contributed by atoms with E-state index >= 15 is 0 Å². The van der Waals surface area contributed by atoms with Crippen molar-refractivity contribution in [2.24, 2.45) is 0 Å². The predicted molar refractivity (Wildman–Crippen MR) is 92.8 cm³/mol. The molecule has 3 aromatic rings. The molecule has 2 amide bonds. The van der Waals surface area contributed by atoms with Crippen LogP contribution in [0.2, 0.25) is 5.02 Å². The van der Waals surface area contributed by atoms with Crippen molar-refractivity contribution >= 4 is 34.4 Å². The first kappa shape index (κ1) is 17.0. The van der Waals surface area contributed by atoms with E-state index in [1.165, 1.54) is 0 Å². The summed E-state index contributed by atoms with van der Waals surface area (Å²) in [6.07, 6.45) is 0. The van der Waals surface area contributed by atoms with Gasteiger partial charge in [0.05, 0.1) is 6.04 Å². The van der Waals surface area contributed by atoms with Crippen LogP contribution >= 0.6 is 11.6 Å². The molecule has 0 bridgehead atoms. The normalized spacial score (nSPS) is 12.0. The molecular weight excluding hydrogens is 344 g/mol. The number of furan rings is 1. The number of carbonyl (C=O) groups excluding carboxylic acids is 2. The topological polar surface area (TPSA) is 91.6 Å². The minimum Gasteiger partial charge on any atom is -0.451 e. The fourth-order valence-electron chi connectivity index (χ4n) is 2.49. The van der Waals surface area contributed by atoms with Gasteiger partial charge in [-0.3, -0.25) is 14.8 Å². The molecule has 0 aliphatic heterocycles. The number of hydrogen-bond donors (Lipinski definition) is 3. The lowest BCUT2D eigenvalue weighted by Crippen LogP contribution is -2.26. The molecule has 0 radical (unpaired) electrons. The summed E-state index contributed by atoms with van der Waals surface area (Å²) in [5.41, 5.74) is 3.16.